The van der Waals surface area contributed by atoms with Gasteiger partial charge in [-0.1, -0.05) is 22.6 Å². The van der Waals surface area contributed by atoms with Crippen LogP contribution in [0.25, 0.3) is 0 Å². The van der Waals surface area contributed by atoms with Gasteiger partial charge in [0, 0.05) is 6.54 Å². The van der Waals surface area contributed by atoms with Gasteiger partial charge in [-0.2, -0.15) is 13.2 Å². The Morgan fingerprint density at radius 1 is 1.50 bits per heavy atom. The molecule has 14 heavy (non-hydrogen) atoms. The first kappa shape index (κ1) is 11.5. The molecule has 1 aliphatic heterocycles. The summed E-state index contributed by atoms with van der Waals surface area (Å²) in [4.78, 5) is 22.7. The van der Waals surface area contributed by atoms with E-state index in [9.17, 15) is 22.8 Å². The van der Waals surface area contributed by atoms with Gasteiger partial charge in [-0.15, -0.1) is 0 Å². The van der Waals surface area contributed by atoms with Crippen molar-refractivity contribution in [1.82, 2.24) is 10.2 Å². The first-order valence-corrected chi connectivity index (χ1v) is 5.11. The molecule has 1 fully saturated rings. The first-order valence-electron chi connectivity index (χ1n) is 3.58. The topological polar surface area (TPSA) is 49.4 Å². The van der Waals surface area contributed by atoms with E-state index in [2.05, 4.69) is 0 Å². The SMILES string of the molecule is O=C1NC(=O)N(CI)CC1C(F)(F)F. The third-order valence-corrected chi connectivity index (χ3v) is 2.60. The molecule has 1 aliphatic rings. The molecule has 1 unspecified atom stereocenters. The van der Waals surface area contributed by atoms with Crippen molar-refractivity contribution in [3.63, 3.8) is 0 Å². The average molecular weight is 322 g/mol. The van der Waals surface area contributed by atoms with Crippen LogP contribution in [0.4, 0.5) is 18.0 Å². The van der Waals surface area contributed by atoms with E-state index in [1.54, 1.807) is 27.9 Å². The van der Waals surface area contributed by atoms with Gasteiger partial charge in [-0.25, -0.2) is 4.79 Å². The van der Waals surface area contributed by atoms with Gasteiger partial charge in [0.15, 0.2) is 5.92 Å². The van der Waals surface area contributed by atoms with Crippen LogP contribution in [0, 0.1) is 5.92 Å². The summed E-state index contributed by atoms with van der Waals surface area (Å²) in [5, 5.41) is 1.66. The molecule has 3 amide bonds. The number of nitrogens with zero attached hydrogens (tertiary/aromatic N) is 1. The van der Waals surface area contributed by atoms with Gasteiger partial charge in [0.2, 0.25) is 5.91 Å². The van der Waals surface area contributed by atoms with Crippen molar-refractivity contribution in [3.8, 4) is 0 Å². The van der Waals surface area contributed by atoms with Gasteiger partial charge in [0.1, 0.15) is 0 Å². The smallest absolute Gasteiger partial charge is 0.314 e. The second-order valence-electron chi connectivity index (χ2n) is 2.73. The fraction of sp³-hybridized carbons (Fsp3) is 0.667. The van der Waals surface area contributed by atoms with Crippen molar-refractivity contribution in [1.29, 1.82) is 0 Å². The van der Waals surface area contributed by atoms with Gasteiger partial charge in [0.25, 0.3) is 0 Å². The van der Waals surface area contributed by atoms with Gasteiger partial charge >= 0.3 is 12.2 Å². The number of hydrogen-bond donors (Lipinski definition) is 1. The van der Waals surface area contributed by atoms with E-state index in [1.807, 2.05) is 0 Å². The lowest BCUT2D eigenvalue weighted by molar-refractivity contribution is -0.186. The number of amides is 3. The first-order chi connectivity index (χ1) is 6.36. The summed E-state index contributed by atoms with van der Waals surface area (Å²) >= 11 is 1.75. The molecule has 0 aromatic heterocycles. The van der Waals surface area contributed by atoms with Crippen LogP contribution in [0.2, 0.25) is 0 Å². The molecule has 0 aromatic rings. The summed E-state index contributed by atoms with van der Waals surface area (Å²) < 4.78 is 36.8. The maximum absolute atomic E-state index is 12.2. The van der Waals surface area contributed by atoms with E-state index in [0.717, 1.165) is 4.90 Å². The molecular formula is C6H6F3IN2O2. The summed E-state index contributed by atoms with van der Waals surface area (Å²) in [6.45, 7) is -0.600. The van der Waals surface area contributed by atoms with Gasteiger partial charge in [-0.3, -0.25) is 10.1 Å². The standard InChI is InChI=1S/C6H6F3IN2O2/c7-6(8,9)3-1-12(2-10)5(14)11-4(3)13/h3H,1-2H2,(H,11,13,14). The van der Waals surface area contributed by atoms with Crippen LogP contribution in [0.15, 0.2) is 0 Å². The summed E-state index contributed by atoms with van der Waals surface area (Å²) in [7, 11) is 0. The van der Waals surface area contributed by atoms with Gasteiger partial charge < -0.3 is 4.90 Å². The summed E-state index contributed by atoms with van der Waals surface area (Å²) in [5.41, 5.74) is 0. The lowest BCUT2D eigenvalue weighted by Crippen LogP contribution is -2.57. The second kappa shape index (κ2) is 3.91. The number of urea groups is 1. The average Bonchev–Trinajstić information content (AvgIpc) is 2.02. The van der Waals surface area contributed by atoms with Crippen LogP contribution < -0.4 is 5.32 Å². The Morgan fingerprint density at radius 3 is 2.50 bits per heavy atom. The molecule has 0 spiro atoms. The highest BCUT2D eigenvalue weighted by Crippen LogP contribution is 2.29. The Hall–Kier alpha value is -0.540. The Labute approximate surface area is 90.9 Å². The van der Waals surface area contributed by atoms with E-state index in [-0.39, 0.29) is 4.55 Å². The molecule has 0 bridgehead atoms. The minimum absolute atomic E-state index is 0.115. The zero-order chi connectivity index (χ0) is 10.9. The van der Waals surface area contributed by atoms with Crippen molar-refractivity contribution >= 4 is 34.5 Å². The number of carbonyl (C=O) groups is 2. The van der Waals surface area contributed by atoms with Crippen LogP contribution in [0.1, 0.15) is 0 Å². The fourth-order valence-electron chi connectivity index (χ4n) is 1.01. The summed E-state index contributed by atoms with van der Waals surface area (Å²) in [6.07, 6.45) is -4.60. The van der Waals surface area contributed by atoms with Crippen LogP contribution in [0.3, 0.4) is 0 Å². The molecule has 0 saturated carbocycles. The molecule has 0 aliphatic carbocycles. The van der Waals surface area contributed by atoms with Crippen molar-refractivity contribution < 1.29 is 22.8 Å². The highest BCUT2D eigenvalue weighted by atomic mass is 127. The third-order valence-electron chi connectivity index (χ3n) is 1.78. The van der Waals surface area contributed by atoms with E-state index < -0.39 is 30.6 Å². The number of carbonyl (C=O) groups excluding carboxylic acids is 2. The molecule has 0 radical (unpaired) electrons. The second-order valence-corrected chi connectivity index (χ2v) is 3.41. The molecule has 8 heteroatoms. The molecule has 1 saturated heterocycles. The molecule has 0 aromatic carbocycles. The van der Waals surface area contributed by atoms with Crippen LogP contribution in [-0.4, -0.2) is 34.1 Å². The maximum atomic E-state index is 12.2. The largest absolute Gasteiger partial charge is 0.402 e. The molecule has 4 nitrogen and oxygen atoms in total. The van der Waals surface area contributed by atoms with Crippen LogP contribution >= 0.6 is 22.6 Å². The van der Waals surface area contributed by atoms with Crippen molar-refractivity contribution in [2.45, 2.75) is 6.18 Å². The Bertz CT molecular complexity index is 268. The Morgan fingerprint density at radius 2 is 2.07 bits per heavy atom. The summed E-state index contributed by atoms with van der Waals surface area (Å²) in [5.74, 6) is -3.39. The monoisotopic (exact) mass is 322 g/mol. The van der Waals surface area contributed by atoms with E-state index >= 15 is 0 Å². The molecule has 1 atom stereocenters. The molecule has 1 heterocycles. The number of imide groups is 1. The highest BCUT2D eigenvalue weighted by molar-refractivity contribution is 14.1. The summed E-state index contributed by atoms with van der Waals surface area (Å²) in [6, 6.07) is -0.773. The minimum atomic E-state index is -4.60. The number of halogens is 4. The number of nitrogens with one attached hydrogen (secondary N) is 1. The lowest BCUT2D eigenvalue weighted by Gasteiger charge is -2.31. The van der Waals surface area contributed by atoms with Gasteiger partial charge in [-0.05, 0) is 0 Å². The van der Waals surface area contributed by atoms with Gasteiger partial charge in [0.05, 0.1) is 4.55 Å². The number of alkyl halides is 4. The van der Waals surface area contributed by atoms with E-state index in [4.69, 9.17) is 0 Å². The number of hydrogen-bond acceptors (Lipinski definition) is 2. The van der Waals surface area contributed by atoms with E-state index in [1.165, 1.54) is 0 Å². The van der Waals surface area contributed by atoms with Crippen molar-refractivity contribution in [3.05, 3.63) is 0 Å². The Balaban J connectivity index is 2.80. The Kier molecular flexibility index (Phi) is 3.22. The quantitative estimate of drug-likeness (QED) is 0.447. The molecule has 1 rings (SSSR count). The highest BCUT2D eigenvalue weighted by Gasteiger charge is 2.49. The molecule has 1 N–H and O–H groups in total. The minimum Gasteiger partial charge on any atom is -0.314 e. The molecular weight excluding hydrogens is 316 g/mol. The normalized spacial score (nSPS) is 23.7. The zero-order valence-corrected chi connectivity index (χ0v) is 8.92. The maximum Gasteiger partial charge on any atom is 0.402 e. The van der Waals surface area contributed by atoms with Crippen molar-refractivity contribution in [2.24, 2.45) is 5.92 Å². The van der Waals surface area contributed by atoms with Crippen molar-refractivity contribution in [2.75, 3.05) is 11.1 Å². The lowest BCUT2D eigenvalue weighted by atomic mass is 10.1. The number of rotatable bonds is 1. The fourth-order valence-corrected chi connectivity index (χ4v) is 1.60. The third kappa shape index (κ3) is 2.28. The zero-order valence-electron chi connectivity index (χ0n) is 6.77. The predicted molar refractivity (Wildman–Crippen MR) is 48.7 cm³/mol. The van der Waals surface area contributed by atoms with Crippen LogP contribution in [-0.2, 0) is 4.79 Å². The molecule has 80 valence electrons. The van der Waals surface area contributed by atoms with E-state index in [0.29, 0.717) is 0 Å². The predicted octanol–water partition coefficient (Wildman–Crippen LogP) is 1.11. The van der Waals surface area contributed by atoms with Crippen LogP contribution in [0.5, 0.6) is 0 Å².